The highest BCUT2D eigenvalue weighted by molar-refractivity contribution is 5.78. The average Bonchev–Trinajstić information content (AvgIpc) is 2.67. The van der Waals surface area contributed by atoms with Gasteiger partial charge < -0.3 is 30.5 Å². The van der Waals surface area contributed by atoms with Crippen LogP contribution in [-0.2, 0) is 33.5 Å². The second-order valence-electron chi connectivity index (χ2n) is 7.38. The van der Waals surface area contributed by atoms with Crippen LogP contribution < -0.4 is 5.32 Å². The number of nitrogens with one attached hydrogen (secondary N) is 1. The van der Waals surface area contributed by atoms with Crippen LogP contribution in [0.5, 0.6) is 0 Å². The first-order chi connectivity index (χ1) is 15.9. The largest absolute Gasteiger partial charge is 0.480 e. The van der Waals surface area contributed by atoms with E-state index in [4.69, 9.17) is 25.2 Å². The van der Waals surface area contributed by atoms with Crippen LogP contribution >= 0.6 is 0 Å². The van der Waals surface area contributed by atoms with Crippen molar-refractivity contribution in [1.29, 1.82) is 0 Å². The molecule has 0 aliphatic heterocycles. The summed E-state index contributed by atoms with van der Waals surface area (Å²) in [4.78, 5) is 70.9. The van der Waals surface area contributed by atoms with Crippen molar-refractivity contribution in [2.45, 2.75) is 6.92 Å². The summed E-state index contributed by atoms with van der Waals surface area (Å²) >= 11 is 0. The van der Waals surface area contributed by atoms with Crippen molar-refractivity contribution in [3.8, 4) is 0 Å². The van der Waals surface area contributed by atoms with Gasteiger partial charge in [-0.1, -0.05) is 0 Å². The monoisotopic (exact) mass is 492 g/mol. The summed E-state index contributed by atoms with van der Waals surface area (Å²) in [6.45, 7) is -0.796. The second-order valence-corrected chi connectivity index (χ2v) is 7.38. The fourth-order valence-corrected chi connectivity index (χ4v) is 2.77. The van der Waals surface area contributed by atoms with Crippen LogP contribution in [0.4, 0.5) is 0 Å². The van der Waals surface area contributed by atoms with Crippen molar-refractivity contribution in [3.05, 3.63) is 0 Å². The van der Waals surface area contributed by atoms with Crippen molar-refractivity contribution in [2.24, 2.45) is 0 Å². The third-order valence-electron chi connectivity index (χ3n) is 4.14. The van der Waals surface area contributed by atoms with Crippen LogP contribution in [0.1, 0.15) is 6.92 Å². The van der Waals surface area contributed by atoms with Gasteiger partial charge in [0.15, 0.2) is 5.78 Å². The number of aliphatic carboxylic acids is 4. The van der Waals surface area contributed by atoms with Gasteiger partial charge in [0.25, 0.3) is 0 Å². The molecule has 0 aromatic rings. The number of hydrogen-bond donors (Lipinski definition) is 5. The molecule has 0 atom stereocenters. The maximum atomic E-state index is 12.3. The Hall–Kier alpha value is -3.14. The summed E-state index contributed by atoms with van der Waals surface area (Å²) < 4.78 is 5.04. The van der Waals surface area contributed by atoms with E-state index in [9.17, 15) is 28.8 Å². The van der Waals surface area contributed by atoms with Crippen molar-refractivity contribution in [3.63, 3.8) is 0 Å². The molecule has 1 amide bonds. The quantitative estimate of drug-likeness (QED) is 0.101. The molecule has 194 valence electrons. The molecule has 0 spiro atoms. The minimum absolute atomic E-state index is 0.0224. The molecule has 34 heavy (non-hydrogen) atoms. The Kier molecular flexibility index (Phi) is 15.7. The van der Waals surface area contributed by atoms with Crippen LogP contribution in [0, 0.1) is 0 Å². The molecule has 0 radical (unpaired) electrons. The number of ether oxygens (including phenoxy) is 1. The van der Waals surface area contributed by atoms with Crippen LogP contribution in [0.3, 0.4) is 0 Å². The first-order valence-corrected chi connectivity index (χ1v) is 10.3. The summed E-state index contributed by atoms with van der Waals surface area (Å²) in [5.41, 5.74) is 0. The second kappa shape index (κ2) is 17.4. The minimum Gasteiger partial charge on any atom is -0.480 e. The highest BCUT2D eigenvalue weighted by Gasteiger charge is 2.19. The van der Waals surface area contributed by atoms with E-state index < -0.39 is 56.0 Å². The molecular weight excluding hydrogens is 460 g/mol. The number of amides is 1. The average molecular weight is 492 g/mol. The Bertz CT molecular complexity index is 644. The molecule has 0 bridgehead atoms. The maximum Gasteiger partial charge on any atom is 0.317 e. The molecule has 15 nitrogen and oxygen atoms in total. The lowest BCUT2D eigenvalue weighted by atomic mass is 10.3. The highest BCUT2D eigenvalue weighted by atomic mass is 16.5. The molecule has 0 aromatic heterocycles. The molecule has 0 unspecified atom stereocenters. The first-order valence-electron chi connectivity index (χ1n) is 10.3. The zero-order valence-electron chi connectivity index (χ0n) is 19.0. The molecule has 15 heteroatoms. The number of hydrogen-bond acceptors (Lipinski definition) is 10. The summed E-state index contributed by atoms with van der Waals surface area (Å²) in [6, 6.07) is 0. The lowest BCUT2D eigenvalue weighted by Gasteiger charge is -2.28. The highest BCUT2D eigenvalue weighted by Crippen LogP contribution is 1.97. The molecule has 0 fully saturated rings. The Labute approximate surface area is 195 Å². The third kappa shape index (κ3) is 18.4. The molecule has 0 heterocycles. The predicted molar refractivity (Wildman–Crippen MR) is 114 cm³/mol. The summed E-state index contributed by atoms with van der Waals surface area (Å²) in [5, 5.41) is 38.4. The maximum absolute atomic E-state index is 12.3. The molecule has 0 aromatic carbocycles. The standard InChI is InChI=1S/C19H32N4O11/c1-14(24)13-34-7-2-20-15(25)8-21(3-5-22(9-16(26)27)10-17(28)29)4-6-23(11-18(30)31)12-19(32)33/h2-13H2,1H3,(H,20,25)(H,26,27)(H,28,29)(H,30,31)(H,32,33). The zero-order valence-corrected chi connectivity index (χ0v) is 19.0. The molecule has 0 rings (SSSR count). The SMILES string of the molecule is CC(=O)COCCNC(=O)CN(CCN(CC(=O)O)CC(=O)O)CCN(CC(=O)O)CC(=O)O. The third-order valence-corrected chi connectivity index (χ3v) is 4.14. The topological polar surface area (TPSA) is 214 Å². The van der Waals surface area contributed by atoms with Crippen molar-refractivity contribution in [2.75, 3.05) is 78.7 Å². The fourth-order valence-electron chi connectivity index (χ4n) is 2.77. The molecule has 0 saturated carbocycles. The Balaban J connectivity index is 5.05. The number of nitrogens with zero attached hydrogens (tertiary/aromatic N) is 3. The normalized spacial score (nSPS) is 11.1. The number of rotatable bonds is 21. The summed E-state index contributed by atoms with van der Waals surface area (Å²) in [7, 11) is 0. The number of carboxylic acids is 4. The van der Waals surface area contributed by atoms with E-state index in [0.29, 0.717) is 0 Å². The summed E-state index contributed by atoms with van der Waals surface area (Å²) in [5.74, 6) is -5.54. The van der Waals surface area contributed by atoms with E-state index in [-0.39, 0.29) is 58.3 Å². The van der Waals surface area contributed by atoms with Crippen molar-refractivity contribution >= 4 is 35.6 Å². The molecule has 0 aliphatic carbocycles. The van der Waals surface area contributed by atoms with Crippen LogP contribution in [0.25, 0.3) is 0 Å². The van der Waals surface area contributed by atoms with Gasteiger partial charge in [0, 0.05) is 32.7 Å². The van der Waals surface area contributed by atoms with Gasteiger partial charge in [-0.2, -0.15) is 0 Å². The molecule has 0 saturated heterocycles. The lowest BCUT2D eigenvalue weighted by molar-refractivity contribution is -0.143. The van der Waals surface area contributed by atoms with Crippen molar-refractivity contribution in [1.82, 2.24) is 20.0 Å². The lowest BCUT2D eigenvalue weighted by Crippen LogP contribution is -2.47. The van der Waals surface area contributed by atoms with E-state index in [1.807, 2.05) is 0 Å². The van der Waals surface area contributed by atoms with Crippen LogP contribution in [-0.4, -0.2) is 149 Å². The van der Waals surface area contributed by atoms with E-state index in [2.05, 4.69) is 5.32 Å². The van der Waals surface area contributed by atoms with Gasteiger partial charge in [0.05, 0.1) is 39.3 Å². The van der Waals surface area contributed by atoms with Gasteiger partial charge in [-0.15, -0.1) is 0 Å². The van der Waals surface area contributed by atoms with Gasteiger partial charge >= 0.3 is 23.9 Å². The van der Waals surface area contributed by atoms with Gasteiger partial charge in [-0.3, -0.25) is 43.5 Å². The number of carbonyl (C=O) groups excluding carboxylic acids is 2. The molecular formula is C19H32N4O11. The Morgan fingerprint density at radius 3 is 1.38 bits per heavy atom. The van der Waals surface area contributed by atoms with E-state index in [1.54, 1.807) is 0 Å². The fraction of sp³-hybridized carbons (Fsp3) is 0.684. The smallest absolute Gasteiger partial charge is 0.317 e. The van der Waals surface area contributed by atoms with Crippen LogP contribution in [0.2, 0.25) is 0 Å². The van der Waals surface area contributed by atoms with E-state index >= 15 is 0 Å². The minimum atomic E-state index is -1.23. The zero-order chi connectivity index (χ0) is 26.1. The summed E-state index contributed by atoms with van der Waals surface area (Å²) in [6.07, 6.45) is 0. The van der Waals surface area contributed by atoms with Gasteiger partial charge in [0.1, 0.15) is 6.61 Å². The molecule has 0 aliphatic rings. The predicted octanol–water partition coefficient (Wildman–Crippen LogP) is -3.05. The van der Waals surface area contributed by atoms with E-state index in [0.717, 1.165) is 9.80 Å². The van der Waals surface area contributed by atoms with Gasteiger partial charge in [-0.25, -0.2) is 0 Å². The van der Waals surface area contributed by atoms with E-state index in [1.165, 1.54) is 11.8 Å². The first kappa shape index (κ1) is 30.9. The van der Waals surface area contributed by atoms with Crippen molar-refractivity contribution < 1.29 is 53.9 Å². The number of carbonyl (C=O) groups is 6. The Morgan fingerprint density at radius 1 is 0.647 bits per heavy atom. The van der Waals surface area contributed by atoms with Gasteiger partial charge in [-0.05, 0) is 6.92 Å². The van der Waals surface area contributed by atoms with Gasteiger partial charge in [0.2, 0.25) is 5.91 Å². The Morgan fingerprint density at radius 2 is 1.03 bits per heavy atom. The molecule has 5 N–H and O–H groups in total. The van der Waals surface area contributed by atoms with Crippen LogP contribution in [0.15, 0.2) is 0 Å². The number of carboxylic acid groups (broad SMARTS) is 4. The number of ketones is 1. The number of Topliss-reactive ketones (excluding diaryl/α,β-unsaturated/α-hetero) is 1.